The molecule has 2 aliphatic carbocycles. The molecular formula is C15H16Cl2N4. The zero-order valence-corrected chi connectivity index (χ0v) is 13.1. The smallest absolute Gasteiger partial charge is 0.180 e. The molecule has 0 amide bonds. The molecule has 21 heavy (non-hydrogen) atoms. The van der Waals surface area contributed by atoms with Crippen LogP contribution in [0, 0.1) is 0 Å². The lowest BCUT2D eigenvalue weighted by atomic mass is 10.0. The van der Waals surface area contributed by atoms with Gasteiger partial charge < -0.3 is 4.57 Å². The SMILES string of the molecule is Clc1nc(-c2cncn2C2CC2)nc(Cl)c1C1CCCC1. The molecule has 4 nitrogen and oxygen atoms in total. The summed E-state index contributed by atoms with van der Waals surface area (Å²) in [5.41, 5.74) is 1.83. The van der Waals surface area contributed by atoms with Crippen molar-refractivity contribution < 1.29 is 0 Å². The van der Waals surface area contributed by atoms with E-state index >= 15 is 0 Å². The minimum absolute atomic E-state index is 0.410. The standard InChI is InChI=1S/C15H16Cl2N4/c16-13-12(9-3-1-2-4-9)14(17)20-15(19-13)11-7-18-8-21(11)10-5-6-10/h7-10H,1-6H2. The number of hydrogen-bond acceptors (Lipinski definition) is 3. The van der Waals surface area contributed by atoms with E-state index in [1.54, 1.807) is 6.20 Å². The molecule has 0 saturated heterocycles. The van der Waals surface area contributed by atoms with Crippen LogP contribution in [0.25, 0.3) is 11.5 Å². The topological polar surface area (TPSA) is 43.6 Å². The van der Waals surface area contributed by atoms with Gasteiger partial charge in [-0.1, -0.05) is 36.0 Å². The van der Waals surface area contributed by atoms with Crippen LogP contribution in [-0.2, 0) is 0 Å². The van der Waals surface area contributed by atoms with Gasteiger partial charge in [-0.05, 0) is 31.6 Å². The number of halogens is 2. The van der Waals surface area contributed by atoms with Gasteiger partial charge in [0.15, 0.2) is 5.82 Å². The molecule has 2 aromatic rings. The first kappa shape index (κ1) is 13.5. The highest BCUT2D eigenvalue weighted by molar-refractivity contribution is 6.34. The third-order valence-electron chi connectivity index (χ3n) is 4.45. The van der Waals surface area contributed by atoms with Crippen molar-refractivity contribution in [3.05, 3.63) is 28.4 Å². The van der Waals surface area contributed by atoms with E-state index in [0.717, 1.165) is 24.1 Å². The van der Waals surface area contributed by atoms with Gasteiger partial charge in [-0.3, -0.25) is 0 Å². The molecule has 0 bridgehead atoms. The molecule has 0 aliphatic heterocycles. The first-order chi connectivity index (χ1) is 10.2. The Morgan fingerprint density at radius 3 is 2.29 bits per heavy atom. The maximum absolute atomic E-state index is 6.41. The summed E-state index contributed by atoms with van der Waals surface area (Å²) in [4.78, 5) is 13.2. The minimum Gasteiger partial charge on any atom is -0.325 e. The second-order valence-corrected chi connectivity index (χ2v) is 6.66. The number of hydrogen-bond donors (Lipinski definition) is 0. The van der Waals surface area contributed by atoms with Crippen molar-refractivity contribution in [2.45, 2.75) is 50.5 Å². The Labute approximate surface area is 133 Å². The maximum atomic E-state index is 6.41. The Morgan fingerprint density at radius 2 is 1.67 bits per heavy atom. The molecule has 6 heteroatoms. The van der Waals surface area contributed by atoms with Crippen LogP contribution in [0.15, 0.2) is 12.5 Å². The normalized spacial score (nSPS) is 19.3. The molecule has 2 aliphatic rings. The quantitative estimate of drug-likeness (QED) is 0.773. The van der Waals surface area contributed by atoms with E-state index < -0.39 is 0 Å². The van der Waals surface area contributed by atoms with Gasteiger partial charge >= 0.3 is 0 Å². The van der Waals surface area contributed by atoms with Gasteiger partial charge in [-0.15, -0.1) is 0 Å². The van der Waals surface area contributed by atoms with Gasteiger partial charge in [0.05, 0.1) is 12.5 Å². The molecule has 0 radical (unpaired) electrons. The largest absolute Gasteiger partial charge is 0.325 e. The van der Waals surface area contributed by atoms with Crippen molar-refractivity contribution in [1.82, 2.24) is 19.5 Å². The van der Waals surface area contributed by atoms with Gasteiger partial charge in [-0.2, -0.15) is 0 Å². The highest BCUT2D eigenvalue weighted by Gasteiger charge is 2.28. The molecule has 2 saturated carbocycles. The van der Waals surface area contributed by atoms with Gasteiger partial charge in [0.1, 0.15) is 16.0 Å². The van der Waals surface area contributed by atoms with Crippen molar-refractivity contribution in [3.8, 4) is 11.5 Å². The van der Waals surface area contributed by atoms with E-state index in [1.807, 2.05) is 6.33 Å². The number of imidazole rings is 1. The Kier molecular flexibility index (Phi) is 3.38. The third kappa shape index (κ3) is 2.44. The molecule has 0 spiro atoms. The monoisotopic (exact) mass is 322 g/mol. The fourth-order valence-electron chi connectivity index (χ4n) is 3.20. The molecule has 0 N–H and O–H groups in total. The number of rotatable bonds is 3. The van der Waals surface area contributed by atoms with Crippen LogP contribution in [0.4, 0.5) is 0 Å². The lowest BCUT2D eigenvalue weighted by molar-refractivity contribution is 0.712. The zero-order chi connectivity index (χ0) is 14.4. The van der Waals surface area contributed by atoms with Crippen molar-refractivity contribution >= 4 is 23.2 Å². The van der Waals surface area contributed by atoms with Crippen molar-refractivity contribution in [2.24, 2.45) is 0 Å². The van der Waals surface area contributed by atoms with Gasteiger partial charge in [0.2, 0.25) is 0 Å². The second kappa shape index (κ2) is 5.25. The molecule has 110 valence electrons. The minimum atomic E-state index is 0.410. The predicted molar refractivity (Wildman–Crippen MR) is 82.8 cm³/mol. The van der Waals surface area contributed by atoms with Gasteiger partial charge in [0.25, 0.3) is 0 Å². The number of aromatic nitrogens is 4. The predicted octanol–water partition coefficient (Wildman–Crippen LogP) is 4.64. The average molecular weight is 323 g/mol. The van der Waals surface area contributed by atoms with Crippen LogP contribution >= 0.6 is 23.2 Å². The third-order valence-corrected chi connectivity index (χ3v) is 5.03. The van der Waals surface area contributed by atoms with Crippen molar-refractivity contribution in [3.63, 3.8) is 0 Å². The van der Waals surface area contributed by atoms with Crippen LogP contribution < -0.4 is 0 Å². The summed E-state index contributed by atoms with van der Waals surface area (Å²) in [6.07, 6.45) is 10.7. The van der Waals surface area contributed by atoms with E-state index in [0.29, 0.717) is 28.1 Å². The first-order valence-corrected chi connectivity index (χ1v) is 8.25. The van der Waals surface area contributed by atoms with E-state index in [1.165, 1.54) is 25.7 Å². The highest BCUT2D eigenvalue weighted by atomic mass is 35.5. The molecule has 2 fully saturated rings. The zero-order valence-electron chi connectivity index (χ0n) is 11.6. The summed E-state index contributed by atoms with van der Waals surface area (Å²) in [6.45, 7) is 0. The molecule has 4 rings (SSSR count). The fourth-order valence-corrected chi connectivity index (χ4v) is 3.90. The molecular weight excluding hydrogens is 307 g/mol. The Bertz CT molecular complexity index is 649. The van der Waals surface area contributed by atoms with E-state index in [2.05, 4.69) is 19.5 Å². The second-order valence-electron chi connectivity index (χ2n) is 5.94. The molecule has 2 aromatic heterocycles. The average Bonchev–Trinajstić information content (AvgIpc) is 2.98. The van der Waals surface area contributed by atoms with Gasteiger partial charge in [-0.25, -0.2) is 15.0 Å². The first-order valence-electron chi connectivity index (χ1n) is 7.49. The Hall–Kier alpha value is -1.13. The van der Waals surface area contributed by atoms with Crippen molar-refractivity contribution in [1.29, 1.82) is 0 Å². The van der Waals surface area contributed by atoms with Crippen molar-refractivity contribution in [2.75, 3.05) is 0 Å². The maximum Gasteiger partial charge on any atom is 0.180 e. The summed E-state index contributed by atoms with van der Waals surface area (Å²) < 4.78 is 2.12. The van der Waals surface area contributed by atoms with E-state index in [9.17, 15) is 0 Å². The molecule has 0 unspecified atom stereocenters. The Balaban J connectivity index is 1.75. The summed E-state index contributed by atoms with van der Waals surface area (Å²) in [6, 6.07) is 0.526. The van der Waals surface area contributed by atoms with Gasteiger partial charge in [0, 0.05) is 11.6 Å². The lowest BCUT2D eigenvalue weighted by Gasteiger charge is -2.14. The van der Waals surface area contributed by atoms with Crippen LogP contribution in [0.5, 0.6) is 0 Å². The summed E-state index contributed by atoms with van der Waals surface area (Å²) in [5.74, 6) is 0.989. The lowest BCUT2D eigenvalue weighted by Crippen LogP contribution is -2.04. The summed E-state index contributed by atoms with van der Waals surface area (Å²) >= 11 is 12.8. The van der Waals surface area contributed by atoms with E-state index in [-0.39, 0.29) is 0 Å². The highest BCUT2D eigenvalue weighted by Crippen LogP contribution is 2.42. The molecule has 0 atom stereocenters. The number of nitrogens with zero attached hydrogens (tertiary/aromatic N) is 4. The molecule has 2 heterocycles. The Morgan fingerprint density at radius 1 is 1.00 bits per heavy atom. The van der Waals surface area contributed by atoms with Crippen LogP contribution in [0.1, 0.15) is 56.0 Å². The molecule has 0 aromatic carbocycles. The van der Waals surface area contributed by atoms with Crippen LogP contribution in [0.3, 0.4) is 0 Å². The van der Waals surface area contributed by atoms with Crippen LogP contribution in [0.2, 0.25) is 10.3 Å². The fraction of sp³-hybridized carbons (Fsp3) is 0.533. The summed E-state index contributed by atoms with van der Waals surface area (Å²) in [5, 5.41) is 1.00. The van der Waals surface area contributed by atoms with E-state index in [4.69, 9.17) is 23.2 Å². The van der Waals surface area contributed by atoms with Crippen LogP contribution in [-0.4, -0.2) is 19.5 Å². The summed E-state index contributed by atoms with van der Waals surface area (Å²) in [7, 11) is 0.